The summed E-state index contributed by atoms with van der Waals surface area (Å²) < 4.78 is 7.82. The smallest absolute Gasteiger partial charge is 0.326 e. The number of aromatic nitrogens is 1. The number of hydrogen-bond donors (Lipinski definition) is 0. The van der Waals surface area contributed by atoms with Crippen molar-refractivity contribution in [1.82, 2.24) is 4.57 Å². The number of esters is 1. The zero-order valence-corrected chi connectivity index (χ0v) is 20.0. The number of ketones is 1. The predicted octanol–water partition coefficient (Wildman–Crippen LogP) is 4.85. The van der Waals surface area contributed by atoms with Crippen molar-refractivity contribution in [2.45, 2.75) is 27.3 Å². The van der Waals surface area contributed by atoms with Gasteiger partial charge in [0.05, 0.1) is 16.8 Å². The SMILES string of the molecule is CCOC(=O)Cn1c(=NC(=O)c2ccc(C(=O)c3ccccc3)cc2)sc2c(C)cc(C)cc21. The van der Waals surface area contributed by atoms with Gasteiger partial charge in [-0.25, -0.2) is 0 Å². The van der Waals surface area contributed by atoms with E-state index >= 15 is 0 Å². The number of amides is 1. The molecular weight excluding hydrogens is 448 g/mol. The van der Waals surface area contributed by atoms with Gasteiger partial charge in [-0.2, -0.15) is 4.99 Å². The van der Waals surface area contributed by atoms with E-state index < -0.39 is 5.91 Å². The van der Waals surface area contributed by atoms with Crippen LogP contribution in [-0.4, -0.2) is 28.8 Å². The van der Waals surface area contributed by atoms with E-state index in [4.69, 9.17) is 4.74 Å². The number of rotatable bonds is 6. The maximum Gasteiger partial charge on any atom is 0.326 e. The molecule has 172 valence electrons. The molecule has 0 atom stereocenters. The fourth-order valence-corrected chi connectivity index (χ4v) is 4.84. The summed E-state index contributed by atoms with van der Waals surface area (Å²) in [6.45, 7) is 5.98. The van der Waals surface area contributed by atoms with Crippen LogP contribution < -0.4 is 4.80 Å². The molecule has 0 aliphatic heterocycles. The van der Waals surface area contributed by atoms with Crippen LogP contribution in [0.4, 0.5) is 0 Å². The van der Waals surface area contributed by atoms with Crippen molar-refractivity contribution in [2.24, 2.45) is 4.99 Å². The van der Waals surface area contributed by atoms with Gasteiger partial charge in [0.2, 0.25) is 0 Å². The van der Waals surface area contributed by atoms with Crippen molar-refractivity contribution < 1.29 is 19.1 Å². The fraction of sp³-hybridized carbons (Fsp3) is 0.185. The lowest BCUT2D eigenvalue weighted by molar-refractivity contribution is -0.143. The molecule has 4 aromatic rings. The number of nitrogens with zero attached hydrogens (tertiary/aromatic N) is 2. The Balaban J connectivity index is 1.70. The van der Waals surface area contributed by atoms with Crippen LogP contribution in [0.1, 0.15) is 44.3 Å². The number of carbonyl (C=O) groups excluding carboxylic acids is 3. The standard InChI is InChI=1S/C27H24N2O4S/c1-4-33-23(30)16-29-22-15-17(2)14-18(3)25(22)34-27(29)28-26(32)21-12-10-20(11-13-21)24(31)19-8-6-5-7-9-19/h5-15H,4,16H2,1-3H3. The molecule has 0 N–H and O–H groups in total. The topological polar surface area (TPSA) is 77.7 Å². The van der Waals surface area contributed by atoms with E-state index in [1.165, 1.54) is 11.3 Å². The normalized spacial score (nSPS) is 11.6. The van der Waals surface area contributed by atoms with E-state index in [0.717, 1.165) is 21.3 Å². The molecule has 34 heavy (non-hydrogen) atoms. The molecule has 1 heterocycles. The van der Waals surface area contributed by atoms with Crippen LogP contribution >= 0.6 is 11.3 Å². The Kier molecular flexibility index (Phi) is 6.84. The molecular formula is C27H24N2O4S. The van der Waals surface area contributed by atoms with Crippen molar-refractivity contribution in [3.63, 3.8) is 0 Å². The van der Waals surface area contributed by atoms with E-state index in [2.05, 4.69) is 11.1 Å². The molecule has 0 radical (unpaired) electrons. The minimum Gasteiger partial charge on any atom is -0.465 e. The second kappa shape index (κ2) is 9.97. The van der Waals surface area contributed by atoms with Gasteiger partial charge in [0.15, 0.2) is 10.6 Å². The first-order chi connectivity index (χ1) is 16.4. The Hall–Kier alpha value is -3.84. The van der Waals surface area contributed by atoms with Crippen LogP contribution in [0.5, 0.6) is 0 Å². The van der Waals surface area contributed by atoms with Gasteiger partial charge in [0, 0.05) is 16.7 Å². The minimum atomic E-state index is -0.447. The Morgan fingerprint density at radius 1 is 0.912 bits per heavy atom. The Bertz CT molecular complexity index is 1450. The maximum atomic E-state index is 13.0. The molecule has 1 aromatic heterocycles. The predicted molar refractivity (Wildman–Crippen MR) is 132 cm³/mol. The monoisotopic (exact) mass is 472 g/mol. The van der Waals surface area contributed by atoms with Crippen LogP contribution in [0.3, 0.4) is 0 Å². The van der Waals surface area contributed by atoms with Gasteiger partial charge in [0.25, 0.3) is 5.91 Å². The first kappa shape index (κ1) is 23.3. The Morgan fingerprint density at radius 3 is 2.24 bits per heavy atom. The zero-order valence-electron chi connectivity index (χ0n) is 19.2. The van der Waals surface area contributed by atoms with Gasteiger partial charge in [-0.05, 0) is 50.1 Å². The Morgan fingerprint density at radius 2 is 1.56 bits per heavy atom. The summed E-state index contributed by atoms with van der Waals surface area (Å²) in [6, 6.07) is 19.5. The van der Waals surface area contributed by atoms with Crippen LogP contribution in [-0.2, 0) is 16.1 Å². The summed E-state index contributed by atoms with van der Waals surface area (Å²) in [5.41, 5.74) is 4.38. The highest BCUT2D eigenvalue weighted by Gasteiger charge is 2.15. The van der Waals surface area contributed by atoms with Gasteiger partial charge in [-0.15, -0.1) is 0 Å². The van der Waals surface area contributed by atoms with E-state index in [-0.39, 0.29) is 24.9 Å². The number of ether oxygens (including phenoxy) is 1. The number of benzene rings is 3. The van der Waals surface area contributed by atoms with E-state index in [9.17, 15) is 14.4 Å². The molecule has 0 aliphatic rings. The first-order valence-corrected chi connectivity index (χ1v) is 11.7. The van der Waals surface area contributed by atoms with Gasteiger partial charge in [-0.3, -0.25) is 14.4 Å². The summed E-state index contributed by atoms with van der Waals surface area (Å²) in [6.07, 6.45) is 0. The third-order valence-corrected chi connectivity index (χ3v) is 6.56. The van der Waals surface area contributed by atoms with Crippen molar-refractivity contribution in [2.75, 3.05) is 6.61 Å². The van der Waals surface area contributed by atoms with Crippen LogP contribution in [0.2, 0.25) is 0 Å². The number of carbonyl (C=O) groups is 3. The second-order valence-electron chi connectivity index (χ2n) is 7.90. The largest absolute Gasteiger partial charge is 0.465 e. The number of aryl methyl sites for hydroxylation is 2. The molecule has 1 amide bonds. The second-order valence-corrected chi connectivity index (χ2v) is 8.87. The number of fused-ring (bicyclic) bond motifs is 1. The molecule has 6 nitrogen and oxygen atoms in total. The quantitative estimate of drug-likeness (QED) is 0.297. The van der Waals surface area contributed by atoms with Crippen molar-refractivity contribution in [3.05, 3.63) is 99.3 Å². The fourth-order valence-electron chi connectivity index (χ4n) is 3.76. The lowest BCUT2D eigenvalue weighted by Crippen LogP contribution is -2.23. The summed E-state index contributed by atoms with van der Waals surface area (Å²) in [5.74, 6) is -0.949. The zero-order chi connectivity index (χ0) is 24.2. The molecule has 0 bridgehead atoms. The average molecular weight is 473 g/mol. The van der Waals surface area contributed by atoms with Crippen molar-refractivity contribution in [1.29, 1.82) is 0 Å². The van der Waals surface area contributed by atoms with Crippen LogP contribution in [0.15, 0.2) is 71.7 Å². The molecule has 0 unspecified atom stereocenters. The maximum absolute atomic E-state index is 13.0. The third kappa shape index (κ3) is 4.89. The molecule has 0 saturated carbocycles. The van der Waals surface area contributed by atoms with E-state index in [1.807, 2.05) is 38.1 Å². The lowest BCUT2D eigenvalue weighted by Gasteiger charge is -2.06. The van der Waals surface area contributed by atoms with Crippen molar-refractivity contribution >= 4 is 39.2 Å². The lowest BCUT2D eigenvalue weighted by atomic mass is 10.0. The van der Waals surface area contributed by atoms with E-state index in [0.29, 0.717) is 21.5 Å². The molecule has 3 aromatic carbocycles. The molecule has 7 heteroatoms. The summed E-state index contributed by atoms with van der Waals surface area (Å²) >= 11 is 1.36. The summed E-state index contributed by atoms with van der Waals surface area (Å²) in [4.78, 5) is 42.6. The minimum absolute atomic E-state index is 0.0344. The molecule has 0 saturated heterocycles. The van der Waals surface area contributed by atoms with Crippen LogP contribution in [0.25, 0.3) is 10.2 Å². The van der Waals surface area contributed by atoms with Crippen molar-refractivity contribution in [3.8, 4) is 0 Å². The number of hydrogen-bond acceptors (Lipinski definition) is 5. The highest BCUT2D eigenvalue weighted by molar-refractivity contribution is 7.16. The van der Waals surface area contributed by atoms with E-state index in [1.54, 1.807) is 47.9 Å². The number of thiazole rings is 1. The first-order valence-electron chi connectivity index (χ1n) is 10.9. The van der Waals surface area contributed by atoms with Crippen LogP contribution in [0, 0.1) is 13.8 Å². The third-order valence-electron chi connectivity index (χ3n) is 5.33. The highest BCUT2D eigenvalue weighted by atomic mass is 32.1. The van der Waals surface area contributed by atoms with Gasteiger partial charge >= 0.3 is 5.97 Å². The van der Waals surface area contributed by atoms with Gasteiger partial charge < -0.3 is 9.30 Å². The van der Waals surface area contributed by atoms with Gasteiger partial charge in [0.1, 0.15) is 6.54 Å². The molecule has 0 fully saturated rings. The molecule has 0 aliphatic carbocycles. The summed E-state index contributed by atoms with van der Waals surface area (Å²) in [7, 11) is 0. The molecule has 0 spiro atoms. The Labute approximate surface area is 201 Å². The molecule has 4 rings (SSSR count). The summed E-state index contributed by atoms with van der Waals surface area (Å²) in [5, 5.41) is 0. The highest BCUT2D eigenvalue weighted by Crippen LogP contribution is 2.23. The average Bonchev–Trinajstić information content (AvgIpc) is 3.16. The van der Waals surface area contributed by atoms with Gasteiger partial charge in [-0.1, -0.05) is 59.9 Å².